The predicted molar refractivity (Wildman–Crippen MR) is 186 cm³/mol. The standard InChI is InChI=1S/C40H51N3O5/c1-25-35(23-43(3)26(2)36(45)31-7-5-4-6-8-31)47-38(48-37(25)32-11-9-27(24-44)10-12-32)33-13-15-34(16-14-33)41-39(46)42-40-20-28-17-29(21-40)19-30(18-28)22-40/h4-16,25-26,28-30,35-38,44-45H,17-24H2,1-3H3,(H2,41,42,46)/t25-,26+,28?,29?,30?,35+,36+,37+,38+,40?/m0/s1. The van der Waals surface area contributed by atoms with Gasteiger partial charge in [0.15, 0.2) is 6.29 Å². The van der Waals surface area contributed by atoms with Crippen molar-refractivity contribution in [3.8, 4) is 0 Å². The largest absolute Gasteiger partial charge is 0.392 e. The Morgan fingerprint density at radius 3 is 2.10 bits per heavy atom. The van der Waals surface area contributed by atoms with Crippen molar-refractivity contribution >= 4 is 11.7 Å². The van der Waals surface area contributed by atoms with E-state index in [1.54, 1.807) is 0 Å². The molecule has 0 unspecified atom stereocenters. The third-order valence-corrected chi connectivity index (χ3v) is 11.7. The molecule has 48 heavy (non-hydrogen) atoms. The van der Waals surface area contributed by atoms with Gasteiger partial charge in [-0.15, -0.1) is 0 Å². The monoisotopic (exact) mass is 653 g/mol. The SMILES string of the molecule is C[C@H]1[C@@H](CN(C)[C@H](C)[C@@H](O)c2ccccc2)O[C@@H](c2ccc(NC(=O)NC34CC5CC(CC(C5)C3)C4)cc2)O[C@H]1c1ccc(CO)cc1. The number of nitrogens with one attached hydrogen (secondary N) is 2. The lowest BCUT2D eigenvalue weighted by atomic mass is 9.53. The lowest BCUT2D eigenvalue weighted by Crippen LogP contribution is -2.60. The van der Waals surface area contributed by atoms with Crippen molar-refractivity contribution in [1.29, 1.82) is 0 Å². The first-order chi connectivity index (χ1) is 23.2. The number of nitrogens with zero attached hydrogens (tertiary/aromatic N) is 1. The van der Waals surface area contributed by atoms with Crippen LogP contribution in [0.5, 0.6) is 0 Å². The summed E-state index contributed by atoms with van der Waals surface area (Å²) in [5.41, 5.74) is 4.33. The number of aliphatic hydroxyl groups excluding tert-OH is 2. The molecule has 8 nitrogen and oxygen atoms in total. The van der Waals surface area contributed by atoms with E-state index in [4.69, 9.17) is 9.47 Å². The fourth-order valence-electron chi connectivity index (χ4n) is 9.34. The van der Waals surface area contributed by atoms with Crippen LogP contribution in [0.15, 0.2) is 78.9 Å². The van der Waals surface area contributed by atoms with E-state index in [-0.39, 0.29) is 42.3 Å². The van der Waals surface area contributed by atoms with E-state index >= 15 is 0 Å². The number of amides is 2. The van der Waals surface area contributed by atoms with Crippen LogP contribution in [-0.2, 0) is 16.1 Å². The Morgan fingerprint density at radius 1 is 0.896 bits per heavy atom. The summed E-state index contributed by atoms with van der Waals surface area (Å²) in [4.78, 5) is 15.4. The highest BCUT2D eigenvalue weighted by Gasteiger charge is 2.51. The molecule has 0 spiro atoms. The number of carbonyl (C=O) groups is 1. The number of benzene rings is 3. The summed E-state index contributed by atoms with van der Waals surface area (Å²) in [7, 11) is 2.03. The summed E-state index contributed by atoms with van der Waals surface area (Å²) in [5.74, 6) is 2.32. The topological polar surface area (TPSA) is 103 Å². The molecule has 3 aromatic carbocycles. The molecule has 5 fully saturated rings. The van der Waals surface area contributed by atoms with Gasteiger partial charge in [0.05, 0.1) is 24.9 Å². The molecular weight excluding hydrogens is 602 g/mol. The van der Waals surface area contributed by atoms with Crippen LogP contribution in [-0.4, -0.2) is 52.4 Å². The fourth-order valence-corrected chi connectivity index (χ4v) is 9.34. The van der Waals surface area contributed by atoms with Crippen LogP contribution < -0.4 is 10.6 Å². The van der Waals surface area contributed by atoms with E-state index < -0.39 is 12.4 Å². The molecule has 1 heterocycles. The first-order valence-corrected chi connectivity index (χ1v) is 17.8. The molecule has 4 saturated carbocycles. The van der Waals surface area contributed by atoms with Crippen LogP contribution in [0.1, 0.15) is 93.1 Å². The minimum Gasteiger partial charge on any atom is -0.392 e. The normalized spacial score (nSPS) is 32.2. The molecule has 2 amide bonds. The molecule has 0 radical (unpaired) electrons. The minimum atomic E-state index is -0.635. The zero-order valence-corrected chi connectivity index (χ0v) is 28.4. The predicted octanol–water partition coefficient (Wildman–Crippen LogP) is 7.11. The first kappa shape index (κ1) is 33.2. The molecule has 4 N–H and O–H groups in total. The quantitative estimate of drug-likeness (QED) is 0.186. The van der Waals surface area contributed by atoms with Crippen molar-refractivity contribution in [2.24, 2.45) is 23.7 Å². The summed E-state index contributed by atoms with van der Waals surface area (Å²) < 4.78 is 13.3. The number of anilines is 1. The van der Waals surface area contributed by atoms with Gasteiger partial charge in [-0.3, -0.25) is 4.90 Å². The van der Waals surface area contributed by atoms with E-state index in [1.165, 1.54) is 19.3 Å². The number of carbonyl (C=O) groups excluding carboxylic acids is 1. The molecule has 4 bridgehead atoms. The number of hydrogen-bond donors (Lipinski definition) is 4. The van der Waals surface area contributed by atoms with E-state index in [1.807, 2.05) is 92.8 Å². The van der Waals surface area contributed by atoms with Crippen molar-refractivity contribution < 1.29 is 24.5 Å². The van der Waals surface area contributed by atoms with Gasteiger partial charge >= 0.3 is 6.03 Å². The number of likely N-dealkylation sites (N-methyl/N-ethyl adjacent to an activating group) is 1. The molecule has 256 valence electrons. The Balaban J connectivity index is 1.05. The van der Waals surface area contributed by atoms with E-state index in [0.29, 0.717) is 6.54 Å². The van der Waals surface area contributed by atoms with Crippen molar-refractivity contribution in [1.82, 2.24) is 10.2 Å². The molecule has 5 aliphatic rings. The van der Waals surface area contributed by atoms with Gasteiger partial charge in [-0.1, -0.05) is 73.7 Å². The number of hydrogen-bond acceptors (Lipinski definition) is 6. The van der Waals surface area contributed by atoms with Crippen LogP contribution in [0, 0.1) is 23.7 Å². The molecule has 4 aliphatic carbocycles. The third kappa shape index (κ3) is 7.05. The molecule has 0 aromatic heterocycles. The van der Waals surface area contributed by atoms with Gasteiger partial charge in [-0.2, -0.15) is 0 Å². The summed E-state index contributed by atoms with van der Waals surface area (Å²) >= 11 is 0. The zero-order valence-electron chi connectivity index (χ0n) is 28.4. The zero-order chi connectivity index (χ0) is 33.4. The van der Waals surface area contributed by atoms with Crippen LogP contribution >= 0.6 is 0 Å². The molecule has 1 saturated heterocycles. The van der Waals surface area contributed by atoms with Gasteiger partial charge in [-0.25, -0.2) is 4.79 Å². The molecule has 8 heteroatoms. The lowest BCUT2D eigenvalue weighted by Gasteiger charge is -2.56. The Morgan fingerprint density at radius 2 is 1.50 bits per heavy atom. The van der Waals surface area contributed by atoms with Crippen molar-refractivity contribution in [2.75, 3.05) is 18.9 Å². The maximum absolute atomic E-state index is 13.2. The second kappa shape index (κ2) is 13.9. The molecule has 3 aromatic rings. The summed E-state index contributed by atoms with van der Waals surface area (Å²) in [6.07, 6.45) is 5.69. The van der Waals surface area contributed by atoms with Crippen LogP contribution in [0.3, 0.4) is 0 Å². The minimum absolute atomic E-state index is 0.0108. The van der Waals surface area contributed by atoms with Crippen LogP contribution in [0.25, 0.3) is 0 Å². The first-order valence-electron chi connectivity index (χ1n) is 17.8. The van der Waals surface area contributed by atoms with Crippen molar-refractivity contribution in [2.45, 2.75) is 95.2 Å². The van der Waals surface area contributed by atoms with Crippen LogP contribution in [0.4, 0.5) is 10.5 Å². The molecule has 6 atom stereocenters. The van der Waals surface area contributed by atoms with Gasteiger partial charge in [0.2, 0.25) is 0 Å². The highest BCUT2D eigenvalue weighted by molar-refractivity contribution is 5.89. The van der Waals surface area contributed by atoms with Gasteiger partial charge in [-0.05, 0) is 99.1 Å². The second-order valence-electron chi connectivity index (χ2n) is 15.3. The summed E-state index contributed by atoms with van der Waals surface area (Å²) in [6.45, 7) is 4.77. The van der Waals surface area contributed by atoms with Gasteiger partial charge < -0.3 is 30.3 Å². The number of urea groups is 1. The highest BCUT2D eigenvalue weighted by atomic mass is 16.7. The summed E-state index contributed by atoms with van der Waals surface area (Å²) in [6, 6.07) is 25.2. The Labute approximate surface area is 284 Å². The van der Waals surface area contributed by atoms with E-state index in [2.05, 4.69) is 22.5 Å². The smallest absolute Gasteiger partial charge is 0.319 e. The third-order valence-electron chi connectivity index (χ3n) is 11.7. The fraction of sp³-hybridized carbons (Fsp3) is 0.525. The van der Waals surface area contributed by atoms with Crippen molar-refractivity contribution in [3.63, 3.8) is 0 Å². The van der Waals surface area contributed by atoms with Gasteiger partial charge in [0, 0.05) is 35.3 Å². The Bertz CT molecular complexity index is 1500. The second-order valence-corrected chi connectivity index (χ2v) is 15.3. The van der Waals surface area contributed by atoms with Crippen molar-refractivity contribution in [3.05, 3.63) is 101 Å². The number of ether oxygens (including phenoxy) is 2. The van der Waals surface area contributed by atoms with E-state index in [0.717, 1.165) is 65.0 Å². The van der Waals surface area contributed by atoms with Crippen LogP contribution in [0.2, 0.25) is 0 Å². The maximum Gasteiger partial charge on any atom is 0.319 e. The molecular formula is C40H51N3O5. The Hall–Kier alpha value is -3.27. The molecule has 8 rings (SSSR count). The van der Waals surface area contributed by atoms with Gasteiger partial charge in [0.1, 0.15) is 0 Å². The highest BCUT2D eigenvalue weighted by Crippen LogP contribution is 2.55. The maximum atomic E-state index is 13.2. The molecule has 1 aliphatic heterocycles. The average molecular weight is 654 g/mol. The number of aliphatic hydroxyl groups is 2. The Kier molecular flexibility index (Phi) is 9.64. The number of rotatable bonds is 10. The summed E-state index contributed by atoms with van der Waals surface area (Å²) in [5, 5.41) is 27.2. The average Bonchev–Trinajstić information content (AvgIpc) is 3.08. The van der Waals surface area contributed by atoms with Gasteiger partial charge in [0.25, 0.3) is 0 Å². The van der Waals surface area contributed by atoms with E-state index in [9.17, 15) is 15.0 Å². The lowest BCUT2D eigenvalue weighted by molar-refractivity contribution is -0.276.